The van der Waals surface area contributed by atoms with Gasteiger partial charge in [-0.2, -0.15) is 8.78 Å². The number of rotatable bonds is 5. The third kappa shape index (κ3) is 3.50. The van der Waals surface area contributed by atoms with Crippen LogP contribution in [-0.2, 0) is 0 Å². The van der Waals surface area contributed by atoms with Crippen LogP contribution in [0.3, 0.4) is 0 Å². The minimum atomic E-state index is -2.84. The molecule has 0 saturated carbocycles. The van der Waals surface area contributed by atoms with Crippen molar-refractivity contribution < 1.29 is 13.5 Å². The number of hydrogen-bond donors (Lipinski definition) is 2. The van der Waals surface area contributed by atoms with Crippen LogP contribution in [0.25, 0.3) is 0 Å². The molecule has 0 fully saturated rings. The smallest absolute Gasteiger partial charge is 0.387 e. The monoisotopic (exact) mass is 226 g/mol. The molecule has 5 heteroatoms. The minimum absolute atomic E-state index is 0.0878. The van der Waals surface area contributed by atoms with Crippen LogP contribution in [0.1, 0.15) is 18.0 Å². The van der Waals surface area contributed by atoms with E-state index in [1.807, 2.05) is 0 Å². The van der Waals surface area contributed by atoms with E-state index in [0.717, 1.165) is 0 Å². The topological polar surface area (TPSA) is 47.3 Å². The lowest BCUT2D eigenvalue weighted by Crippen LogP contribution is -2.27. The number of hydrazine groups is 1. The van der Waals surface area contributed by atoms with Crippen LogP contribution in [0.15, 0.2) is 24.3 Å². The summed E-state index contributed by atoms with van der Waals surface area (Å²) >= 11 is 0. The molecular formula is C11H12F2N2O. The number of ether oxygens (including phenoxy) is 1. The van der Waals surface area contributed by atoms with Gasteiger partial charge in [-0.15, -0.1) is 12.3 Å². The lowest BCUT2D eigenvalue weighted by atomic mass is 10.0. The molecule has 0 spiro atoms. The summed E-state index contributed by atoms with van der Waals surface area (Å²) < 4.78 is 28.3. The van der Waals surface area contributed by atoms with Crippen molar-refractivity contribution in [2.45, 2.75) is 19.1 Å². The quantitative estimate of drug-likeness (QED) is 0.457. The van der Waals surface area contributed by atoms with E-state index in [9.17, 15) is 8.78 Å². The summed E-state index contributed by atoms with van der Waals surface area (Å²) in [6.45, 7) is -2.84. The molecule has 0 aliphatic heterocycles. The summed E-state index contributed by atoms with van der Waals surface area (Å²) in [6.07, 6.45) is 5.53. The molecule has 16 heavy (non-hydrogen) atoms. The van der Waals surface area contributed by atoms with Gasteiger partial charge in [0.1, 0.15) is 5.75 Å². The van der Waals surface area contributed by atoms with Crippen molar-refractivity contribution in [1.82, 2.24) is 5.43 Å². The zero-order valence-corrected chi connectivity index (χ0v) is 8.49. The minimum Gasteiger partial charge on any atom is -0.435 e. The molecule has 86 valence electrons. The Labute approximate surface area is 92.6 Å². The van der Waals surface area contributed by atoms with Crippen LogP contribution in [-0.4, -0.2) is 6.61 Å². The maximum atomic E-state index is 12.0. The van der Waals surface area contributed by atoms with E-state index in [1.165, 1.54) is 12.1 Å². The van der Waals surface area contributed by atoms with E-state index in [4.69, 9.17) is 12.3 Å². The summed E-state index contributed by atoms with van der Waals surface area (Å²) in [6, 6.07) is 5.99. The number of terminal acetylenes is 1. The molecule has 1 aromatic rings. The fraction of sp³-hybridized carbons (Fsp3) is 0.273. The normalized spacial score (nSPS) is 12.2. The SMILES string of the molecule is C#CCC(NN)c1cccc(OC(F)F)c1. The Bertz CT molecular complexity index is 376. The predicted molar refractivity (Wildman–Crippen MR) is 56.6 cm³/mol. The average Bonchev–Trinajstić information content (AvgIpc) is 2.25. The Morgan fingerprint density at radius 3 is 2.81 bits per heavy atom. The Kier molecular flexibility index (Phi) is 4.70. The predicted octanol–water partition coefficient (Wildman–Crippen LogP) is 1.82. The van der Waals surface area contributed by atoms with Crippen LogP contribution in [0.4, 0.5) is 8.78 Å². The van der Waals surface area contributed by atoms with Gasteiger partial charge in [0.15, 0.2) is 0 Å². The van der Waals surface area contributed by atoms with Crippen molar-refractivity contribution in [2.75, 3.05) is 0 Å². The van der Waals surface area contributed by atoms with Gasteiger partial charge >= 0.3 is 6.61 Å². The number of hydrogen-bond acceptors (Lipinski definition) is 3. The fourth-order valence-electron chi connectivity index (χ4n) is 1.30. The fourth-order valence-corrected chi connectivity index (χ4v) is 1.30. The molecule has 0 bridgehead atoms. The van der Waals surface area contributed by atoms with Gasteiger partial charge in [0.25, 0.3) is 0 Å². The largest absolute Gasteiger partial charge is 0.435 e. The number of nitrogens with two attached hydrogens (primary N) is 1. The number of nitrogens with one attached hydrogen (secondary N) is 1. The zero-order valence-electron chi connectivity index (χ0n) is 8.49. The molecule has 0 amide bonds. The maximum Gasteiger partial charge on any atom is 0.387 e. The molecule has 0 aromatic heterocycles. The van der Waals surface area contributed by atoms with Crippen molar-refractivity contribution in [1.29, 1.82) is 0 Å². The van der Waals surface area contributed by atoms with Crippen molar-refractivity contribution in [2.24, 2.45) is 5.84 Å². The first-order chi connectivity index (χ1) is 7.67. The summed E-state index contributed by atoms with van der Waals surface area (Å²) in [5.74, 6) is 7.84. The van der Waals surface area contributed by atoms with E-state index >= 15 is 0 Å². The van der Waals surface area contributed by atoms with Crippen LogP contribution >= 0.6 is 0 Å². The Balaban J connectivity index is 2.84. The van der Waals surface area contributed by atoms with Crippen molar-refractivity contribution >= 4 is 0 Å². The molecule has 3 nitrogen and oxygen atoms in total. The molecule has 1 rings (SSSR count). The molecule has 1 unspecified atom stereocenters. The number of halogens is 2. The van der Waals surface area contributed by atoms with E-state index < -0.39 is 6.61 Å². The third-order valence-corrected chi connectivity index (χ3v) is 2.01. The number of alkyl halides is 2. The van der Waals surface area contributed by atoms with Crippen molar-refractivity contribution in [3.05, 3.63) is 29.8 Å². The molecule has 0 aliphatic rings. The van der Waals surface area contributed by atoms with E-state index in [-0.39, 0.29) is 11.8 Å². The van der Waals surface area contributed by atoms with Gasteiger partial charge < -0.3 is 4.74 Å². The van der Waals surface area contributed by atoms with Crippen molar-refractivity contribution in [3.8, 4) is 18.1 Å². The highest BCUT2D eigenvalue weighted by Gasteiger charge is 2.10. The second-order valence-corrected chi connectivity index (χ2v) is 3.08. The molecule has 1 atom stereocenters. The number of benzene rings is 1. The van der Waals surface area contributed by atoms with E-state index in [2.05, 4.69) is 16.1 Å². The zero-order chi connectivity index (χ0) is 12.0. The molecular weight excluding hydrogens is 214 g/mol. The van der Waals surface area contributed by atoms with Gasteiger partial charge in [-0.1, -0.05) is 12.1 Å². The molecule has 0 radical (unpaired) electrons. The first-order valence-corrected chi connectivity index (χ1v) is 4.61. The van der Waals surface area contributed by atoms with Crippen molar-refractivity contribution in [3.63, 3.8) is 0 Å². The lowest BCUT2D eigenvalue weighted by molar-refractivity contribution is -0.0499. The van der Waals surface area contributed by atoms with Crippen LogP contribution in [0.2, 0.25) is 0 Å². The first-order valence-electron chi connectivity index (χ1n) is 4.61. The highest BCUT2D eigenvalue weighted by molar-refractivity contribution is 5.31. The van der Waals surface area contributed by atoms with Gasteiger partial charge in [-0.25, -0.2) is 0 Å². The van der Waals surface area contributed by atoms with Crippen LogP contribution in [0.5, 0.6) is 5.75 Å². The van der Waals surface area contributed by atoms with E-state index in [0.29, 0.717) is 12.0 Å². The van der Waals surface area contributed by atoms with Gasteiger partial charge in [-0.3, -0.25) is 11.3 Å². The van der Waals surface area contributed by atoms with Crippen LogP contribution in [0, 0.1) is 12.3 Å². The Morgan fingerprint density at radius 1 is 1.50 bits per heavy atom. The summed E-state index contributed by atoms with van der Waals surface area (Å²) in [5, 5.41) is 0. The third-order valence-electron chi connectivity index (χ3n) is 2.01. The average molecular weight is 226 g/mol. The Hall–Kier alpha value is -1.64. The molecule has 0 aliphatic carbocycles. The van der Waals surface area contributed by atoms with Gasteiger partial charge in [0.05, 0.1) is 6.04 Å². The van der Waals surface area contributed by atoms with Gasteiger partial charge in [0, 0.05) is 6.42 Å². The standard InChI is InChI=1S/C11H12F2N2O/c1-2-4-10(15-14)8-5-3-6-9(7-8)16-11(12)13/h1,3,5-7,10-11,15H,4,14H2. The Morgan fingerprint density at radius 2 is 2.25 bits per heavy atom. The van der Waals surface area contributed by atoms with Crippen LogP contribution < -0.4 is 16.0 Å². The summed E-state index contributed by atoms with van der Waals surface area (Å²) in [5.41, 5.74) is 3.22. The molecule has 0 saturated heterocycles. The maximum absolute atomic E-state index is 12.0. The lowest BCUT2D eigenvalue weighted by Gasteiger charge is -2.14. The second kappa shape index (κ2) is 6.05. The molecule has 3 N–H and O–H groups in total. The summed E-state index contributed by atoms with van der Waals surface area (Å²) in [4.78, 5) is 0. The van der Waals surface area contributed by atoms with Gasteiger partial charge in [0.2, 0.25) is 0 Å². The highest BCUT2D eigenvalue weighted by atomic mass is 19.3. The molecule has 0 heterocycles. The highest BCUT2D eigenvalue weighted by Crippen LogP contribution is 2.22. The van der Waals surface area contributed by atoms with Gasteiger partial charge in [-0.05, 0) is 17.7 Å². The second-order valence-electron chi connectivity index (χ2n) is 3.08. The van der Waals surface area contributed by atoms with E-state index in [1.54, 1.807) is 12.1 Å². The summed E-state index contributed by atoms with van der Waals surface area (Å²) in [7, 11) is 0. The molecule has 1 aromatic carbocycles. The first kappa shape index (κ1) is 12.4.